The third-order valence-corrected chi connectivity index (χ3v) is 6.13. The summed E-state index contributed by atoms with van der Waals surface area (Å²) in [6.07, 6.45) is 2.44. The molecule has 128 valence electrons. The number of hydrogen-bond donors (Lipinski definition) is 1. The lowest BCUT2D eigenvalue weighted by molar-refractivity contribution is -0.125. The van der Waals surface area contributed by atoms with E-state index < -0.39 is 9.84 Å². The van der Waals surface area contributed by atoms with Gasteiger partial charge in [-0.25, -0.2) is 8.42 Å². The Morgan fingerprint density at radius 1 is 1.30 bits per heavy atom. The zero-order valence-corrected chi connectivity index (χ0v) is 14.7. The third-order valence-electron chi connectivity index (χ3n) is 4.30. The Morgan fingerprint density at radius 3 is 2.57 bits per heavy atom. The van der Waals surface area contributed by atoms with Crippen LogP contribution < -0.4 is 5.32 Å². The van der Waals surface area contributed by atoms with Crippen LogP contribution in [0.1, 0.15) is 30.9 Å². The lowest BCUT2D eigenvalue weighted by Crippen LogP contribution is -2.37. The van der Waals surface area contributed by atoms with E-state index in [1.165, 1.54) is 0 Å². The highest BCUT2D eigenvalue weighted by Gasteiger charge is 2.27. The number of benzene rings is 1. The zero-order chi connectivity index (χ0) is 16.9. The molecule has 2 atom stereocenters. The van der Waals surface area contributed by atoms with Gasteiger partial charge < -0.3 is 5.32 Å². The number of nitrogens with one attached hydrogen (secondary N) is 1. The summed E-state index contributed by atoms with van der Waals surface area (Å²) in [7, 11) is 0.975. The molecule has 0 radical (unpaired) electrons. The van der Waals surface area contributed by atoms with Gasteiger partial charge in [0.25, 0.3) is 0 Å². The minimum Gasteiger partial charge on any atom is -0.354 e. The number of likely N-dealkylation sites (N-methyl/N-ethyl adjacent to an activating group) is 1. The molecule has 2 unspecified atom stereocenters. The average Bonchev–Trinajstić information content (AvgIpc) is 2.84. The van der Waals surface area contributed by atoms with Gasteiger partial charge >= 0.3 is 0 Å². The van der Waals surface area contributed by atoms with E-state index in [0.29, 0.717) is 18.1 Å². The van der Waals surface area contributed by atoms with Gasteiger partial charge in [0.1, 0.15) is 6.04 Å². The van der Waals surface area contributed by atoms with E-state index in [2.05, 4.69) is 5.32 Å². The van der Waals surface area contributed by atoms with E-state index >= 15 is 0 Å². The van der Waals surface area contributed by atoms with Crippen molar-refractivity contribution < 1.29 is 13.2 Å². The summed E-state index contributed by atoms with van der Waals surface area (Å²) in [5.41, 5.74) is 0.969. The number of carbonyl (C=O) groups is 1. The van der Waals surface area contributed by atoms with Crippen LogP contribution >= 0.6 is 0 Å². The molecule has 5 nitrogen and oxygen atoms in total. The summed E-state index contributed by atoms with van der Waals surface area (Å²) in [5.74, 6) is 0.877. The fourth-order valence-corrected chi connectivity index (χ4v) is 5.03. The highest BCUT2D eigenvalue weighted by molar-refractivity contribution is 7.91. The SMILES string of the molecule is CN(C)C(C(=O)NCCCC1CCS(=O)(=O)C1)c1ccccc1. The predicted octanol–water partition coefficient (Wildman–Crippen LogP) is 1.62. The largest absolute Gasteiger partial charge is 0.354 e. The zero-order valence-electron chi connectivity index (χ0n) is 13.9. The average molecular weight is 338 g/mol. The predicted molar refractivity (Wildman–Crippen MR) is 91.9 cm³/mol. The summed E-state index contributed by atoms with van der Waals surface area (Å²) >= 11 is 0. The maximum atomic E-state index is 12.4. The Hall–Kier alpha value is -1.40. The summed E-state index contributed by atoms with van der Waals surface area (Å²) in [6.45, 7) is 0.590. The molecule has 1 amide bonds. The van der Waals surface area contributed by atoms with Crippen LogP contribution in [0.4, 0.5) is 0 Å². The molecular weight excluding hydrogens is 312 g/mol. The molecule has 2 rings (SSSR count). The van der Waals surface area contributed by atoms with Crippen molar-refractivity contribution in [3.63, 3.8) is 0 Å². The first-order chi connectivity index (χ1) is 10.9. The monoisotopic (exact) mass is 338 g/mol. The first-order valence-corrected chi connectivity index (χ1v) is 9.91. The van der Waals surface area contributed by atoms with Gasteiger partial charge in [-0.2, -0.15) is 0 Å². The molecule has 6 heteroatoms. The fourth-order valence-electron chi connectivity index (χ4n) is 3.12. The van der Waals surface area contributed by atoms with Crippen LogP contribution in [0.15, 0.2) is 30.3 Å². The molecule has 1 aromatic carbocycles. The summed E-state index contributed by atoms with van der Waals surface area (Å²) < 4.78 is 22.9. The van der Waals surface area contributed by atoms with Gasteiger partial charge in [0.15, 0.2) is 9.84 Å². The minimum atomic E-state index is -2.80. The van der Waals surface area contributed by atoms with Crippen molar-refractivity contribution >= 4 is 15.7 Å². The van der Waals surface area contributed by atoms with Crippen molar-refractivity contribution in [2.75, 3.05) is 32.1 Å². The van der Waals surface area contributed by atoms with Crippen LogP contribution in [0.5, 0.6) is 0 Å². The van der Waals surface area contributed by atoms with Gasteiger partial charge in [0, 0.05) is 6.54 Å². The van der Waals surface area contributed by atoms with E-state index in [9.17, 15) is 13.2 Å². The minimum absolute atomic E-state index is 0.0137. The summed E-state index contributed by atoms with van der Waals surface area (Å²) in [6, 6.07) is 9.40. The van der Waals surface area contributed by atoms with Gasteiger partial charge in [-0.15, -0.1) is 0 Å². The molecule has 0 aromatic heterocycles. The van der Waals surface area contributed by atoms with Crippen molar-refractivity contribution in [2.24, 2.45) is 5.92 Å². The Labute approximate surface area is 139 Å². The highest BCUT2D eigenvalue weighted by atomic mass is 32.2. The van der Waals surface area contributed by atoms with E-state index in [4.69, 9.17) is 0 Å². The molecule has 1 N–H and O–H groups in total. The molecule has 0 saturated carbocycles. The summed E-state index contributed by atoms with van der Waals surface area (Å²) in [4.78, 5) is 14.3. The molecular formula is C17H26N2O3S. The normalized spacial score (nSPS) is 21.3. The van der Waals surface area contributed by atoms with Crippen molar-refractivity contribution in [3.8, 4) is 0 Å². The van der Waals surface area contributed by atoms with E-state index in [1.807, 2.05) is 49.3 Å². The Morgan fingerprint density at radius 2 is 2.00 bits per heavy atom. The molecule has 23 heavy (non-hydrogen) atoms. The first kappa shape index (κ1) is 17.9. The molecule has 0 bridgehead atoms. The molecule has 0 aliphatic carbocycles. The molecule has 1 aliphatic heterocycles. The van der Waals surface area contributed by atoms with E-state index in [0.717, 1.165) is 24.8 Å². The Balaban J connectivity index is 1.79. The van der Waals surface area contributed by atoms with Gasteiger partial charge in [0.05, 0.1) is 11.5 Å². The maximum absolute atomic E-state index is 12.4. The van der Waals surface area contributed by atoms with Crippen molar-refractivity contribution in [2.45, 2.75) is 25.3 Å². The van der Waals surface area contributed by atoms with Gasteiger partial charge in [-0.3, -0.25) is 9.69 Å². The van der Waals surface area contributed by atoms with Crippen molar-refractivity contribution in [1.82, 2.24) is 10.2 Å². The second kappa shape index (κ2) is 7.93. The van der Waals surface area contributed by atoms with Crippen LogP contribution in [-0.2, 0) is 14.6 Å². The number of hydrogen-bond acceptors (Lipinski definition) is 4. The van der Waals surface area contributed by atoms with Gasteiger partial charge in [0.2, 0.25) is 5.91 Å². The second-order valence-corrected chi connectivity index (χ2v) is 8.71. The fraction of sp³-hybridized carbons (Fsp3) is 0.588. The molecule has 1 fully saturated rings. The molecule has 1 aliphatic rings. The molecule has 1 heterocycles. The number of carbonyl (C=O) groups excluding carboxylic acids is 1. The molecule has 0 spiro atoms. The standard InChI is InChI=1S/C17H26N2O3S/c1-19(2)16(15-8-4-3-5-9-15)17(20)18-11-6-7-14-10-12-23(21,22)13-14/h3-5,8-9,14,16H,6-7,10-13H2,1-2H3,(H,18,20). The third kappa shape index (κ3) is 5.32. The van der Waals surface area contributed by atoms with Crippen LogP contribution in [0.25, 0.3) is 0 Å². The van der Waals surface area contributed by atoms with E-state index in [1.54, 1.807) is 0 Å². The quantitative estimate of drug-likeness (QED) is 0.767. The molecule has 1 saturated heterocycles. The van der Waals surface area contributed by atoms with E-state index in [-0.39, 0.29) is 17.9 Å². The van der Waals surface area contributed by atoms with Crippen molar-refractivity contribution in [1.29, 1.82) is 0 Å². The van der Waals surface area contributed by atoms with Crippen LogP contribution in [-0.4, -0.2) is 51.4 Å². The number of rotatable bonds is 7. The summed E-state index contributed by atoms with van der Waals surface area (Å²) in [5, 5.41) is 2.98. The smallest absolute Gasteiger partial charge is 0.241 e. The first-order valence-electron chi connectivity index (χ1n) is 8.08. The maximum Gasteiger partial charge on any atom is 0.241 e. The second-order valence-electron chi connectivity index (χ2n) is 6.48. The number of nitrogens with zero attached hydrogens (tertiary/aromatic N) is 1. The number of amides is 1. The highest BCUT2D eigenvalue weighted by Crippen LogP contribution is 2.22. The lowest BCUT2D eigenvalue weighted by atomic mass is 10.0. The van der Waals surface area contributed by atoms with Crippen LogP contribution in [0.2, 0.25) is 0 Å². The van der Waals surface area contributed by atoms with Crippen molar-refractivity contribution in [3.05, 3.63) is 35.9 Å². The van der Waals surface area contributed by atoms with Gasteiger partial charge in [-0.05, 0) is 44.8 Å². The molecule has 1 aromatic rings. The lowest BCUT2D eigenvalue weighted by Gasteiger charge is -2.24. The van der Waals surface area contributed by atoms with Crippen LogP contribution in [0.3, 0.4) is 0 Å². The van der Waals surface area contributed by atoms with Crippen LogP contribution in [0, 0.1) is 5.92 Å². The van der Waals surface area contributed by atoms with Gasteiger partial charge in [-0.1, -0.05) is 30.3 Å². The Kier molecular flexibility index (Phi) is 6.18. The Bertz CT molecular complexity index is 614. The number of sulfone groups is 1. The topological polar surface area (TPSA) is 66.5 Å².